The van der Waals surface area contributed by atoms with Crippen molar-refractivity contribution < 1.29 is 18.0 Å². The van der Waals surface area contributed by atoms with Gasteiger partial charge in [0.2, 0.25) is 0 Å². The van der Waals surface area contributed by atoms with E-state index in [9.17, 15) is 18.0 Å². The Labute approximate surface area is 171 Å². The molecule has 0 atom stereocenters. The average molecular weight is 438 g/mol. The van der Waals surface area contributed by atoms with Crippen molar-refractivity contribution in [1.82, 2.24) is 19.6 Å². The molecule has 1 N–H and O–H groups in total. The number of nitrogens with one attached hydrogen (secondary N) is 1. The minimum atomic E-state index is -4.70. The molecule has 0 aliphatic heterocycles. The van der Waals surface area contributed by atoms with Crippen LogP contribution in [0.5, 0.6) is 0 Å². The molecule has 0 fully saturated rings. The van der Waals surface area contributed by atoms with Crippen molar-refractivity contribution in [2.75, 3.05) is 5.32 Å². The molecule has 4 aromatic rings. The predicted molar refractivity (Wildman–Crippen MR) is 103 cm³/mol. The third-order valence-electron chi connectivity index (χ3n) is 3.93. The molecule has 1 amide bonds. The third-order valence-corrected chi connectivity index (χ3v) is 5.18. The first-order valence-corrected chi connectivity index (χ1v) is 9.38. The second-order valence-corrected chi connectivity index (χ2v) is 7.82. The Bertz CT molecular complexity index is 1220. The highest BCUT2D eigenvalue weighted by atomic mass is 35.5. The number of nitrogens with zero attached hydrogens (tertiary/aromatic N) is 4. The molecule has 4 rings (SSSR count). The first-order chi connectivity index (χ1) is 13.7. The Hall–Kier alpha value is -2.98. The van der Waals surface area contributed by atoms with Crippen molar-refractivity contribution in [3.63, 3.8) is 0 Å². The molecule has 11 heteroatoms. The van der Waals surface area contributed by atoms with Gasteiger partial charge in [0.25, 0.3) is 5.91 Å². The van der Waals surface area contributed by atoms with Gasteiger partial charge >= 0.3 is 6.18 Å². The zero-order chi connectivity index (χ0) is 20.8. The SMILES string of the molecule is Cc1ccc(NC(=O)c2cc3nc(-c4ccc(Cl)s4)cc(C(F)(F)F)n3n2)nc1. The summed E-state index contributed by atoms with van der Waals surface area (Å²) in [5.41, 5.74) is -0.382. The maximum atomic E-state index is 13.6. The quantitative estimate of drug-likeness (QED) is 0.485. The van der Waals surface area contributed by atoms with Crippen LogP contribution in [-0.4, -0.2) is 25.5 Å². The van der Waals surface area contributed by atoms with E-state index in [1.54, 1.807) is 30.5 Å². The summed E-state index contributed by atoms with van der Waals surface area (Å²) in [4.78, 5) is 21.2. The summed E-state index contributed by atoms with van der Waals surface area (Å²) >= 11 is 6.99. The number of halogens is 4. The van der Waals surface area contributed by atoms with Gasteiger partial charge in [0.05, 0.1) is 14.9 Å². The summed E-state index contributed by atoms with van der Waals surface area (Å²) < 4.78 is 41.8. The van der Waals surface area contributed by atoms with E-state index >= 15 is 0 Å². The van der Waals surface area contributed by atoms with Gasteiger partial charge in [0.1, 0.15) is 5.82 Å². The molecule has 0 saturated carbocycles. The Morgan fingerprint density at radius 1 is 1.21 bits per heavy atom. The number of hydrogen-bond acceptors (Lipinski definition) is 5. The van der Waals surface area contributed by atoms with Gasteiger partial charge in [-0.2, -0.15) is 18.3 Å². The minimum absolute atomic E-state index is 0.0915. The van der Waals surface area contributed by atoms with Crippen LogP contribution < -0.4 is 5.32 Å². The number of rotatable bonds is 3. The largest absolute Gasteiger partial charge is 0.433 e. The Morgan fingerprint density at radius 2 is 2.00 bits per heavy atom. The van der Waals surface area contributed by atoms with E-state index in [4.69, 9.17) is 11.6 Å². The maximum Gasteiger partial charge on any atom is 0.433 e. The number of pyridine rings is 1. The molecule has 0 aliphatic carbocycles. The van der Waals surface area contributed by atoms with Crippen LogP contribution in [-0.2, 0) is 6.18 Å². The van der Waals surface area contributed by atoms with Crippen LogP contribution in [0.15, 0.2) is 42.6 Å². The van der Waals surface area contributed by atoms with E-state index in [2.05, 4.69) is 20.4 Å². The van der Waals surface area contributed by atoms with Crippen molar-refractivity contribution in [2.24, 2.45) is 0 Å². The van der Waals surface area contributed by atoms with Crippen LogP contribution >= 0.6 is 22.9 Å². The molecule has 0 unspecified atom stereocenters. The van der Waals surface area contributed by atoms with Crippen LogP contribution in [0, 0.1) is 6.92 Å². The van der Waals surface area contributed by atoms with E-state index in [0.29, 0.717) is 13.7 Å². The molecule has 4 heterocycles. The number of hydrogen-bond donors (Lipinski definition) is 1. The van der Waals surface area contributed by atoms with Crippen molar-refractivity contribution in [3.05, 3.63) is 63.9 Å². The van der Waals surface area contributed by atoms with Gasteiger partial charge in [0.15, 0.2) is 17.0 Å². The number of fused-ring (bicyclic) bond motifs is 1. The fourth-order valence-electron chi connectivity index (χ4n) is 2.59. The van der Waals surface area contributed by atoms with Crippen LogP contribution in [0.1, 0.15) is 21.7 Å². The topological polar surface area (TPSA) is 72.2 Å². The molecule has 0 aliphatic rings. The zero-order valence-corrected chi connectivity index (χ0v) is 16.2. The number of aryl methyl sites for hydroxylation is 1. The molecule has 4 aromatic heterocycles. The van der Waals surface area contributed by atoms with Crippen LogP contribution in [0.2, 0.25) is 4.34 Å². The van der Waals surface area contributed by atoms with Crippen molar-refractivity contribution in [2.45, 2.75) is 13.1 Å². The summed E-state index contributed by atoms with van der Waals surface area (Å²) in [6.45, 7) is 1.84. The Morgan fingerprint density at radius 3 is 2.62 bits per heavy atom. The van der Waals surface area contributed by atoms with E-state index in [-0.39, 0.29) is 22.9 Å². The molecule has 0 aromatic carbocycles. The summed E-state index contributed by atoms with van der Waals surface area (Å²) in [5.74, 6) is -0.434. The van der Waals surface area contributed by atoms with Gasteiger partial charge in [-0.05, 0) is 36.8 Å². The normalized spacial score (nSPS) is 11.8. The molecule has 0 radical (unpaired) electrons. The highest BCUT2D eigenvalue weighted by molar-refractivity contribution is 7.19. The first-order valence-electron chi connectivity index (χ1n) is 8.18. The molecule has 29 heavy (non-hydrogen) atoms. The highest BCUT2D eigenvalue weighted by Gasteiger charge is 2.35. The molecule has 148 valence electrons. The molecule has 0 bridgehead atoms. The molecule has 0 spiro atoms. The number of aromatic nitrogens is 4. The van der Waals surface area contributed by atoms with E-state index in [1.165, 1.54) is 6.07 Å². The smallest absolute Gasteiger partial charge is 0.305 e. The van der Waals surface area contributed by atoms with Gasteiger partial charge in [-0.3, -0.25) is 4.79 Å². The standard InChI is InChI=1S/C18H11ClF3N5OS/c1-9-2-5-15(23-8-9)25-17(28)11-7-16-24-10(12-3-4-14(19)29-12)6-13(18(20,21)22)27(16)26-11/h2-8H,1H3,(H,23,25,28). The highest BCUT2D eigenvalue weighted by Crippen LogP contribution is 2.35. The van der Waals surface area contributed by atoms with Crippen molar-refractivity contribution >= 4 is 40.3 Å². The number of thiophene rings is 1. The van der Waals surface area contributed by atoms with Gasteiger partial charge in [-0.1, -0.05) is 17.7 Å². The van der Waals surface area contributed by atoms with Gasteiger partial charge in [-0.15, -0.1) is 11.3 Å². The van der Waals surface area contributed by atoms with Crippen molar-refractivity contribution in [3.8, 4) is 10.6 Å². The lowest BCUT2D eigenvalue weighted by Crippen LogP contribution is -2.16. The lowest BCUT2D eigenvalue weighted by atomic mass is 10.2. The second kappa shape index (κ2) is 7.12. The average Bonchev–Trinajstić information content (AvgIpc) is 3.28. The fourth-order valence-corrected chi connectivity index (χ4v) is 3.59. The number of carbonyl (C=O) groups excluding carboxylic acids is 1. The van der Waals surface area contributed by atoms with Gasteiger partial charge in [0, 0.05) is 12.3 Å². The van der Waals surface area contributed by atoms with Gasteiger partial charge in [-0.25, -0.2) is 14.5 Å². The van der Waals surface area contributed by atoms with Gasteiger partial charge < -0.3 is 5.32 Å². The van der Waals surface area contributed by atoms with E-state index < -0.39 is 17.8 Å². The minimum Gasteiger partial charge on any atom is -0.305 e. The lowest BCUT2D eigenvalue weighted by molar-refractivity contribution is -0.142. The zero-order valence-electron chi connectivity index (χ0n) is 14.7. The number of alkyl halides is 3. The Kier molecular flexibility index (Phi) is 4.75. The maximum absolute atomic E-state index is 13.6. The second-order valence-electron chi connectivity index (χ2n) is 6.10. The van der Waals surface area contributed by atoms with E-state index in [0.717, 1.165) is 23.0 Å². The van der Waals surface area contributed by atoms with E-state index in [1.807, 2.05) is 6.92 Å². The number of amides is 1. The monoisotopic (exact) mass is 437 g/mol. The first kappa shape index (κ1) is 19.3. The Balaban J connectivity index is 1.77. The fraction of sp³-hybridized carbons (Fsp3) is 0.111. The molecular formula is C18H11ClF3N5OS. The molecular weight excluding hydrogens is 427 g/mol. The lowest BCUT2D eigenvalue weighted by Gasteiger charge is -2.10. The summed E-state index contributed by atoms with van der Waals surface area (Å²) in [6, 6.07) is 8.56. The summed E-state index contributed by atoms with van der Waals surface area (Å²) in [6.07, 6.45) is -3.14. The third kappa shape index (κ3) is 3.94. The van der Waals surface area contributed by atoms with Crippen molar-refractivity contribution in [1.29, 1.82) is 0 Å². The van der Waals surface area contributed by atoms with Crippen LogP contribution in [0.4, 0.5) is 19.0 Å². The summed E-state index contributed by atoms with van der Waals surface area (Å²) in [5, 5.41) is 6.31. The van der Waals surface area contributed by atoms with Crippen LogP contribution in [0.3, 0.4) is 0 Å². The molecule has 6 nitrogen and oxygen atoms in total. The van der Waals surface area contributed by atoms with Crippen LogP contribution in [0.25, 0.3) is 16.2 Å². The number of anilines is 1. The number of carbonyl (C=O) groups is 1. The summed E-state index contributed by atoms with van der Waals surface area (Å²) in [7, 11) is 0. The predicted octanol–water partition coefficient (Wildman–Crippen LogP) is 5.09. The molecule has 0 saturated heterocycles.